The van der Waals surface area contributed by atoms with Crippen LogP contribution < -0.4 is 5.32 Å². The van der Waals surface area contributed by atoms with Crippen molar-refractivity contribution in [3.8, 4) is 0 Å². The van der Waals surface area contributed by atoms with E-state index in [1.54, 1.807) is 28.0 Å². The molecule has 182 valence electrons. The first-order valence-electron chi connectivity index (χ1n) is 12.1. The van der Waals surface area contributed by atoms with Crippen LogP contribution in [0, 0.1) is 0 Å². The predicted molar refractivity (Wildman–Crippen MR) is 133 cm³/mol. The summed E-state index contributed by atoms with van der Waals surface area (Å²) in [6.45, 7) is 4.85. The van der Waals surface area contributed by atoms with Crippen LogP contribution in [-0.4, -0.2) is 38.3 Å². The standard InChI is InChI=1S/C27H31N5O3/c1-3-5-16-31(25(33)19-32-24-11-7-6-10-23(24)29-30-32)26(21-14-12-20(4-2)13-15-21)27(34)28-18-22-9-8-17-35-22/h6-15,17,26H,3-5,16,18-19H2,1-2H3,(H,28,34)/t26-/m0/s1. The minimum atomic E-state index is -0.773. The Morgan fingerprint density at radius 3 is 2.57 bits per heavy atom. The molecule has 35 heavy (non-hydrogen) atoms. The number of rotatable bonds is 11. The average molecular weight is 474 g/mol. The lowest BCUT2D eigenvalue weighted by molar-refractivity contribution is -0.141. The molecule has 0 aliphatic rings. The maximum Gasteiger partial charge on any atom is 0.247 e. The summed E-state index contributed by atoms with van der Waals surface area (Å²) >= 11 is 0. The van der Waals surface area contributed by atoms with Gasteiger partial charge in [-0.05, 0) is 48.2 Å². The lowest BCUT2D eigenvalue weighted by atomic mass is 10.0. The first kappa shape index (κ1) is 24.2. The zero-order chi connectivity index (χ0) is 24.6. The van der Waals surface area contributed by atoms with Crippen LogP contribution in [0.4, 0.5) is 0 Å². The number of para-hydroxylation sites is 1. The van der Waals surface area contributed by atoms with Crippen molar-refractivity contribution in [2.45, 2.75) is 52.2 Å². The van der Waals surface area contributed by atoms with E-state index in [4.69, 9.17) is 4.42 Å². The number of nitrogens with zero attached hydrogens (tertiary/aromatic N) is 4. The van der Waals surface area contributed by atoms with Crippen molar-refractivity contribution in [3.63, 3.8) is 0 Å². The van der Waals surface area contributed by atoms with E-state index in [1.165, 1.54) is 5.56 Å². The number of hydrogen-bond acceptors (Lipinski definition) is 5. The van der Waals surface area contributed by atoms with Crippen LogP contribution in [0.5, 0.6) is 0 Å². The van der Waals surface area contributed by atoms with Crippen LogP contribution in [0.3, 0.4) is 0 Å². The second-order valence-electron chi connectivity index (χ2n) is 8.47. The maximum absolute atomic E-state index is 13.7. The van der Waals surface area contributed by atoms with Crippen LogP contribution >= 0.6 is 0 Å². The van der Waals surface area contributed by atoms with Crippen molar-refractivity contribution in [3.05, 3.63) is 83.8 Å². The van der Waals surface area contributed by atoms with Gasteiger partial charge in [0.2, 0.25) is 11.8 Å². The number of hydrogen-bond donors (Lipinski definition) is 1. The van der Waals surface area contributed by atoms with Gasteiger partial charge in [0.05, 0.1) is 18.3 Å². The van der Waals surface area contributed by atoms with E-state index in [0.717, 1.165) is 35.9 Å². The van der Waals surface area contributed by atoms with Gasteiger partial charge in [0.1, 0.15) is 23.9 Å². The maximum atomic E-state index is 13.7. The van der Waals surface area contributed by atoms with Gasteiger partial charge >= 0.3 is 0 Å². The summed E-state index contributed by atoms with van der Waals surface area (Å²) in [7, 11) is 0. The molecule has 2 heterocycles. The summed E-state index contributed by atoms with van der Waals surface area (Å²) in [5.74, 6) is 0.212. The largest absolute Gasteiger partial charge is 0.467 e. The number of carbonyl (C=O) groups excluding carboxylic acids is 2. The van der Waals surface area contributed by atoms with Crippen molar-refractivity contribution in [2.75, 3.05) is 6.54 Å². The van der Waals surface area contributed by atoms with Crippen molar-refractivity contribution in [1.82, 2.24) is 25.2 Å². The summed E-state index contributed by atoms with van der Waals surface area (Å²) in [6.07, 6.45) is 4.14. The third-order valence-corrected chi connectivity index (χ3v) is 6.06. The lowest BCUT2D eigenvalue weighted by Gasteiger charge is -2.31. The molecule has 0 saturated carbocycles. The summed E-state index contributed by atoms with van der Waals surface area (Å²) in [6, 6.07) is 18.2. The van der Waals surface area contributed by atoms with Crippen LogP contribution in [-0.2, 0) is 29.1 Å². The highest BCUT2D eigenvalue weighted by atomic mass is 16.3. The fourth-order valence-corrected chi connectivity index (χ4v) is 4.07. The van der Waals surface area contributed by atoms with E-state index in [1.807, 2.05) is 48.5 Å². The number of benzene rings is 2. The highest BCUT2D eigenvalue weighted by molar-refractivity contribution is 5.89. The Balaban J connectivity index is 1.64. The summed E-state index contributed by atoms with van der Waals surface area (Å²) < 4.78 is 6.96. The fraction of sp³-hybridized carbons (Fsp3) is 0.333. The quantitative estimate of drug-likeness (QED) is 0.351. The normalized spacial score (nSPS) is 11.9. The molecule has 0 aliphatic carbocycles. The zero-order valence-corrected chi connectivity index (χ0v) is 20.2. The topological polar surface area (TPSA) is 93.3 Å². The van der Waals surface area contributed by atoms with Crippen LogP contribution in [0.2, 0.25) is 0 Å². The molecule has 4 rings (SSSR count). The van der Waals surface area contributed by atoms with Gasteiger partial charge in [-0.2, -0.15) is 0 Å². The van der Waals surface area contributed by atoms with Gasteiger partial charge in [-0.15, -0.1) is 5.10 Å². The van der Waals surface area contributed by atoms with Gasteiger partial charge in [0.15, 0.2) is 0 Å². The fourth-order valence-electron chi connectivity index (χ4n) is 4.07. The summed E-state index contributed by atoms with van der Waals surface area (Å²) in [4.78, 5) is 28.9. The molecule has 0 radical (unpaired) electrons. The lowest BCUT2D eigenvalue weighted by Crippen LogP contribution is -2.45. The molecule has 2 aromatic carbocycles. The van der Waals surface area contributed by atoms with Gasteiger partial charge in [-0.3, -0.25) is 9.59 Å². The molecule has 0 bridgehead atoms. The number of unbranched alkanes of at least 4 members (excludes halogenated alkanes) is 1. The third kappa shape index (κ3) is 5.77. The van der Waals surface area contributed by atoms with Gasteiger partial charge in [-0.1, -0.05) is 61.9 Å². The number of carbonyl (C=O) groups is 2. The predicted octanol–water partition coefficient (Wildman–Crippen LogP) is 4.27. The number of nitrogens with one attached hydrogen (secondary N) is 1. The highest BCUT2D eigenvalue weighted by Gasteiger charge is 2.31. The Labute approximate surface area is 204 Å². The van der Waals surface area contributed by atoms with Gasteiger partial charge in [0, 0.05) is 6.54 Å². The first-order chi connectivity index (χ1) is 17.1. The van der Waals surface area contributed by atoms with Crippen molar-refractivity contribution < 1.29 is 14.0 Å². The summed E-state index contributed by atoms with van der Waals surface area (Å²) in [5.41, 5.74) is 3.45. The molecule has 0 aliphatic heterocycles. The Hall–Kier alpha value is -3.94. The van der Waals surface area contributed by atoms with Crippen LogP contribution in [0.1, 0.15) is 49.6 Å². The average Bonchev–Trinajstić information content (AvgIpc) is 3.55. The smallest absolute Gasteiger partial charge is 0.247 e. The monoisotopic (exact) mass is 473 g/mol. The van der Waals surface area contributed by atoms with E-state index >= 15 is 0 Å². The van der Waals surface area contributed by atoms with E-state index in [9.17, 15) is 9.59 Å². The van der Waals surface area contributed by atoms with Crippen LogP contribution in [0.15, 0.2) is 71.3 Å². The molecule has 0 unspecified atom stereocenters. The molecule has 8 heteroatoms. The minimum absolute atomic E-state index is 0.000759. The Kier molecular flexibility index (Phi) is 7.92. The zero-order valence-electron chi connectivity index (χ0n) is 20.2. The Morgan fingerprint density at radius 2 is 1.86 bits per heavy atom. The number of aromatic nitrogens is 3. The van der Waals surface area contributed by atoms with E-state index in [-0.39, 0.29) is 24.9 Å². The molecule has 1 N–H and O–H groups in total. The molecule has 8 nitrogen and oxygen atoms in total. The van der Waals surface area contributed by atoms with E-state index in [2.05, 4.69) is 29.5 Å². The van der Waals surface area contributed by atoms with Crippen molar-refractivity contribution in [2.24, 2.45) is 0 Å². The SMILES string of the molecule is CCCCN(C(=O)Cn1nnc2ccccc21)[C@H](C(=O)NCc1ccco1)c1ccc(CC)cc1. The number of fused-ring (bicyclic) bond motifs is 1. The molecular weight excluding hydrogens is 442 g/mol. The molecule has 0 saturated heterocycles. The molecule has 2 aromatic heterocycles. The Morgan fingerprint density at radius 1 is 1.06 bits per heavy atom. The highest BCUT2D eigenvalue weighted by Crippen LogP contribution is 2.24. The molecule has 0 spiro atoms. The molecular formula is C27H31N5O3. The van der Waals surface area contributed by atoms with Crippen LogP contribution in [0.25, 0.3) is 11.0 Å². The van der Waals surface area contributed by atoms with Crippen molar-refractivity contribution >= 4 is 22.8 Å². The second-order valence-corrected chi connectivity index (χ2v) is 8.47. The van der Waals surface area contributed by atoms with Gasteiger partial charge < -0.3 is 14.6 Å². The second kappa shape index (κ2) is 11.5. The minimum Gasteiger partial charge on any atom is -0.467 e. The van der Waals surface area contributed by atoms with Crippen molar-refractivity contribution in [1.29, 1.82) is 0 Å². The summed E-state index contributed by atoms with van der Waals surface area (Å²) in [5, 5.41) is 11.3. The first-order valence-corrected chi connectivity index (χ1v) is 12.1. The van der Waals surface area contributed by atoms with Gasteiger partial charge in [0.25, 0.3) is 0 Å². The Bertz CT molecular complexity index is 1250. The number of furan rings is 1. The molecule has 2 amide bonds. The third-order valence-electron chi connectivity index (χ3n) is 6.06. The van der Waals surface area contributed by atoms with E-state index in [0.29, 0.717) is 12.3 Å². The molecule has 4 aromatic rings. The van der Waals surface area contributed by atoms with Gasteiger partial charge in [-0.25, -0.2) is 4.68 Å². The molecule has 1 atom stereocenters. The van der Waals surface area contributed by atoms with E-state index < -0.39 is 6.04 Å². The number of aryl methyl sites for hydroxylation is 1. The molecule has 0 fully saturated rings. The number of amides is 2.